The second-order valence-corrected chi connectivity index (χ2v) is 3.49. The van der Waals surface area contributed by atoms with Crippen LogP contribution >= 0.6 is 20.7 Å². The predicted octanol–water partition coefficient (Wildman–Crippen LogP) is 3.12. The summed E-state index contributed by atoms with van der Waals surface area (Å²) in [6.07, 6.45) is 2.10. The summed E-state index contributed by atoms with van der Waals surface area (Å²) >= 11 is 0.322. The summed E-state index contributed by atoms with van der Waals surface area (Å²) in [5.74, 6) is 0. The molecule has 0 radical (unpaired) electrons. The van der Waals surface area contributed by atoms with Crippen molar-refractivity contribution in [3.05, 3.63) is 23.3 Å². The largest absolute Gasteiger partial charge is 0.106 e. The zero-order chi connectivity index (χ0) is 6.83. The van der Waals surface area contributed by atoms with E-state index in [1.807, 2.05) is 0 Å². The van der Waals surface area contributed by atoms with Gasteiger partial charge in [-0.25, -0.2) is 0 Å². The van der Waals surface area contributed by atoms with Crippen molar-refractivity contribution in [2.24, 2.45) is 0 Å². The van der Waals surface area contributed by atoms with Crippen LogP contribution in [0.25, 0.3) is 0 Å². The van der Waals surface area contributed by atoms with E-state index in [-0.39, 0.29) is 0 Å². The van der Waals surface area contributed by atoms with Gasteiger partial charge in [0.05, 0.1) is 0 Å². The summed E-state index contributed by atoms with van der Waals surface area (Å²) in [5.41, 5.74) is 0. The third-order valence-corrected chi connectivity index (χ3v) is 2.18. The summed E-state index contributed by atoms with van der Waals surface area (Å²) in [7, 11) is 0. The van der Waals surface area contributed by atoms with Gasteiger partial charge in [0.25, 0.3) is 0 Å². The van der Waals surface area contributed by atoms with Gasteiger partial charge in [0.2, 0.25) is 0 Å². The number of allylic oxidation sites excluding steroid dienone is 1. The molecule has 48 valence electrons. The van der Waals surface area contributed by atoms with Gasteiger partial charge < -0.3 is 0 Å². The van der Waals surface area contributed by atoms with Crippen molar-refractivity contribution in [2.45, 2.75) is 13.8 Å². The van der Waals surface area contributed by atoms with E-state index in [4.69, 9.17) is 0 Å². The fourth-order valence-corrected chi connectivity index (χ4v) is 0.976. The Morgan fingerprint density at radius 1 is 1.25 bits per heavy atom. The molecule has 0 fully saturated rings. The first-order valence-electron chi connectivity index (χ1n) is 2.42. The van der Waals surface area contributed by atoms with Crippen molar-refractivity contribution < 1.29 is 0 Å². The van der Waals surface area contributed by atoms with E-state index in [2.05, 4.69) is 41.2 Å². The van der Waals surface area contributed by atoms with Crippen LogP contribution in [0.4, 0.5) is 0 Å². The molecule has 0 aliphatic carbocycles. The highest BCUT2D eigenvalue weighted by atomic mass is 127. The molecule has 8 heavy (non-hydrogen) atoms. The van der Waals surface area contributed by atoms with E-state index in [1.54, 1.807) is 0 Å². The second-order valence-electron chi connectivity index (χ2n) is 0.804. The Kier molecular flexibility index (Phi) is 21.5. The average molecular weight is 224 g/mol. The maximum Gasteiger partial charge on any atom is -0.0332 e. The van der Waals surface area contributed by atoms with Gasteiger partial charge in [0.1, 0.15) is 0 Å². The molecule has 0 atom stereocenters. The highest BCUT2D eigenvalue weighted by Crippen LogP contribution is 1.93. The first-order chi connectivity index (χ1) is 3.91. The van der Waals surface area contributed by atoms with Crippen LogP contribution in [-0.4, -0.2) is 4.01 Å². The van der Waals surface area contributed by atoms with Crippen LogP contribution in [0.15, 0.2) is 23.3 Å². The average Bonchev–Trinajstić information content (AvgIpc) is 1.88. The summed E-state index contributed by atoms with van der Waals surface area (Å²) in [6, 6.07) is 0. The number of rotatable bonds is 1. The zero-order valence-corrected chi connectivity index (χ0v) is 7.68. The molecule has 0 spiro atoms. The van der Waals surface area contributed by atoms with E-state index < -0.39 is 0 Å². The molecule has 0 amide bonds. The molecule has 0 aromatic heterocycles. The Morgan fingerprint density at radius 2 is 1.75 bits per heavy atom. The van der Waals surface area contributed by atoms with Gasteiger partial charge in [-0.3, -0.25) is 0 Å². The Balaban J connectivity index is 0. The molecule has 0 saturated heterocycles. The first kappa shape index (κ1) is 11.0. The highest BCUT2D eigenvalue weighted by Gasteiger charge is 1.49. The molecule has 0 aliphatic rings. The van der Waals surface area contributed by atoms with E-state index in [0.717, 1.165) is 0 Å². The third kappa shape index (κ3) is 16.5. The summed E-state index contributed by atoms with van der Waals surface area (Å²) < 4.78 is 4.47. The van der Waals surface area contributed by atoms with Gasteiger partial charge >= 0.3 is 0 Å². The predicted molar refractivity (Wildman–Crippen MR) is 51.8 cm³/mol. The molecule has 0 N–H and O–H groups in total. The van der Waals surface area contributed by atoms with Gasteiger partial charge in [-0.05, 0) is 17.9 Å². The summed E-state index contributed by atoms with van der Waals surface area (Å²) in [5, 5.41) is 0. The molecule has 0 bridgehead atoms. The quantitative estimate of drug-likeness (QED) is 0.474. The molecule has 0 aromatic rings. The molecule has 0 saturated carbocycles. The Labute approximate surface area is 62.1 Å². The molecule has 0 heterocycles. The van der Waals surface area contributed by atoms with Gasteiger partial charge in [0, 0.05) is 0 Å². The Morgan fingerprint density at radius 3 is 1.88 bits per heavy atom. The topological polar surface area (TPSA) is 0 Å². The zero-order valence-electron chi connectivity index (χ0n) is 5.52. The van der Waals surface area contributed by atoms with E-state index in [9.17, 15) is 0 Å². The molecule has 0 aliphatic heterocycles. The maximum absolute atomic E-state index is 3.00. The molecule has 0 aromatic carbocycles. The normalized spacial score (nSPS) is 10.2. The lowest BCUT2D eigenvalue weighted by Gasteiger charge is -1.61. The monoisotopic (exact) mass is 224 g/mol. The van der Waals surface area contributed by atoms with Crippen molar-refractivity contribution in [1.29, 1.82) is 0 Å². The molecule has 0 rings (SSSR count). The number of hydrogen-bond acceptors (Lipinski definition) is 0. The van der Waals surface area contributed by atoms with Gasteiger partial charge in [-0.1, -0.05) is 30.8 Å². The van der Waals surface area contributed by atoms with E-state index in [1.165, 1.54) is 0 Å². The van der Waals surface area contributed by atoms with Crippen molar-refractivity contribution in [1.82, 2.24) is 0 Å². The Bertz CT molecular complexity index is 62.5. The smallest absolute Gasteiger partial charge is 0.0332 e. The molecular weight excluding hydrogens is 211 g/mol. The highest BCUT2D eigenvalue weighted by molar-refractivity contribution is 14.2. The van der Waals surface area contributed by atoms with Crippen LogP contribution in [0, 0.1) is 0 Å². The fourth-order valence-electron chi connectivity index (χ4n) is 0.145. The SMILES string of the molecule is C=C.CC=I/C=C\C. The Hall–Kier alpha value is 0.0800. The molecule has 0 nitrogen and oxygen atoms in total. The van der Waals surface area contributed by atoms with Gasteiger partial charge in [-0.15, -0.1) is 13.2 Å². The van der Waals surface area contributed by atoms with Crippen LogP contribution in [0.2, 0.25) is 0 Å². The summed E-state index contributed by atoms with van der Waals surface area (Å²) in [6.45, 7) is 10.2. The van der Waals surface area contributed by atoms with Crippen molar-refractivity contribution in [2.75, 3.05) is 0 Å². The van der Waals surface area contributed by atoms with Crippen LogP contribution in [0.3, 0.4) is 0 Å². The van der Waals surface area contributed by atoms with Gasteiger partial charge in [0.15, 0.2) is 0 Å². The lowest BCUT2D eigenvalue weighted by atomic mass is 10.8. The second kappa shape index (κ2) is 15.7. The minimum Gasteiger partial charge on any atom is -0.106 e. The van der Waals surface area contributed by atoms with Crippen LogP contribution < -0.4 is 0 Å². The first-order valence-corrected chi connectivity index (χ1v) is 4.92. The maximum atomic E-state index is 3.00. The number of halogens is 1. The van der Waals surface area contributed by atoms with Crippen LogP contribution in [0.1, 0.15) is 13.8 Å². The summed E-state index contributed by atoms with van der Waals surface area (Å²) in [4.78, 5) is 0. The van der Waals surface area contributed by atoms with Crippen molar-refractivity contribution in [3.63, 3.8) is 0 Å². The van der Waals surface area contributed by atoms with Crippen LogP contribution in [0.5, 0.6) is 0 Å². The van der Waals surface area contributed by atoms with Crippen molar-refractivity contribution >= 4 is 24.7 Å². The lowest BCUT2D eigenvalue weighted by molar-refractivity contribution is 1.80. The minimum atomic E-state index is 0.322. The minimum absolute atomic E-state index is 0.322. The number of hydrogen-bond donors (Lipinski definition) is 0. The van der Waals surface area contributed by atoms with Gasteiger partial charge in [-0.2, -0.15) is 0 Å². The van der Waals surface area contributed by atoms with Crippen molar-refractivity contribution in [3.8, 4) is 0 Å². The molecule has 0 unspecified atom stereocenters. The lowest BCUT2D eigenvalue weighted by Crippen LogP contribution is -1.36. The molecular formula is C7H13I. The standard InChI is InChI=1S/C5H9I.C2H4/c1-3-5-6-4-2;1-2/h3-5H,1-2H3;1-2H2/b5-3-;. The van der Waals surface area contributed by atoms with E-state index in [0.29, 0.717) is 20.7 Å². The van der Waals surface area contributed by atoms with E-state index >= 15 is 0 Å². The fraction of sp³-hybridized carbons (Fsp3) is 0.286. The third-order valence-electron chi connectivity index (χ3n) is 0.325. The van der Waals surface area contributed by atoms with Crippen LogP contribution in [-0.2, 0) is 0 Å². The molecule has 1 heteroatoms.